The number of nitrogens with zero attached hydrogens (tertiary/aromatic N) is 1. The van der Waals surface area contributed by atoms with Crippen LogP contribution in [0.1, 0.15) is 38.7 Å². The van der Waals surface area contributed by atoms with Gasteiger partial charge in [-0.15, -0.1) is 0 Å². The molecule has 1 aromatic heterocycles. The lowest BCUT2D eigenvalue weighted by Gasteiger charge is -2.07. The smallest absolute Gasteiger partial charge is 0.0494 e. The van der Waals surface area contributed by atoms with Crippen LogP contribution >= 0.6 is 0 Å². The second kappa shape index (κ2) is 5.70. The highest BCUT2D eigenvalue weighted by molar-refractivity contribution is 6.09. The second-order valence-electron chi connectivity index (χ2n) is 5.58. The van der Waals surface area contributed by atoms with Crippen LogP contribution in [-0.2, 0) is 13.0 Å². The lowest BCUT2D eigenvalue weighted by molar-refractivity contribution is 0.665. The van der Waals surface area contributed by atoms with E-state index in [1.54, 1.807) is 0 Å². The van der Waals surface area contributed by atoms with Gasteiger partial charge in [0.25, 0.3) is 0 Å². The van der Waals surface area contributed by atoms with E-state index >= 15 is 0 Å². The number of unbranched alkanes of at least 4 members (excludes halogenated alkanes) is 1. The van der Waals surface area contributed by atoms with Crippen molar-refractivity contribution in [3.63, 3.8) is 0 Å². The van der Waals surface area contributed by atoms with E-state index in [2.05, 4.69) is 60.9 Å². The van der Waals surface area contributed by atoms with Crippen molar-refractivity contribution >= 4 is 21.8 Å². The average molecular weight is 265 g/mol. The van der Waals surface area contributed by atoms with Gasteiger partial charge in [-0.3, -0.25) is 0 Å². The lowest BCUT2D eigenvalue weighted by atomic mass is 10.0. The van der Waals surface area contributed by atoms with Gasteiger partial charge in [0.05, 0.1) is 0 Å². The van der Waals surface area contributed by atoms with Gasteiger partial charge >= 0.3 is 0 Å². The number of benzene rings is 2. The summed E-state index contributed by atoms with van der Waals surface area (Å²) in [6.45, 7) is 5.64. The third-order valence-corrected chi connectivity index (χ3v) is 4.14. The van der Waals surface area contributed by atoms with E-state index in [1.165, 1.54) is 53.1 Å². The van der Waals surface area contributed by atoms with Gasteiger partial charge in [-0.05, 0) is 30.5 Å². The molecule has 0 N–H and O–H groups in total. The molecule has 0 amide bonds. The molecule has 0 spiro atoms. The van der Waals surface area contributed by atoms with Crippen LogP contribution in [0.25, 0.3) is 21.8 Å². The van der Waals surface area contributed by atoms with Gasteiger partial charge in [0.1, 0.15) is 0 Å². The van der Waals surface area contributed by atoms with E-state index < -0.39 is 0 Å². The molecule has 20 heavy (non-hydrogen) atoms. The maximum Gasteiger partial charge on any atom is 0.0494 e. The van der Waals surface area contributed by atoms with Crippen molar-refractivity contribution in [1.82, 2.24) is 4.57 Å². The largest absolute Gasteiger partial charge is 0.340 e. The van der Waals surface area contributed by atoms with Gasteiger partial charge in [-0.2, -0.15) is 0 Å². The van der Waals surface area contributed by atoms with Gasteiger partial charge in [0.2, 0.25) is 0 Å². The molecule has 0 bridgehead atoms. The van der Waals surface area contributed by atoms with E-state index in [4.69, 9.17) is 0 Å². The Morgan fingerprint density at radius 1 is 0.850 bits per heavy atom. The summed E-state index contributed by atoms with van der Waals surface area (Å²) >= 11 is 0. The Balaban J connectivity index is 2.32. The summed E-state index contributed by atoms with van der Waals surface area (Å²) in [7, 11) is 0. The van der Waals surface area contributed by atoms with Crippen LogP contribution in [0.3, 0.4) is 0 Å². The molecule has 0 aliphatic carbocycles. The number of aromatic nitrogens is 1. The molecule has 2 aromatic carbocycles. The molecule has 1 heterocycles. The highest BCUT2D eigenvalue weighted by atomic mass is 15.0. The molecule has 0 unspecified atom stereocenters. The zero-order chi connectivity index (χ0) is 13.9. The van der Waals surface area contributed by atoms with Crippen LogP contribution in [0.5, 0.6) is 0 Å². The van der Waals surface area contributed by atoms with Crippen molar-refractivity contribution in [3.8, 4) is 0 Å². The molecule has 3 aromatic rings. The van der Waals surface area contributed by atoms with Gasteiger partial charge in [0, 0.05) is 28.4 Å². The third kappa shape index (κ3) is 2.11. The highest BCUT2D eigenvalue weighted by Crippen LogP contribution is 2.32. The molecular weight excluding hydrogens is 242 g/mol. The number of rotatable bonds is 5. The van der Waals surface area contributed by atoms with E-state index in [-0.39, 0.29) is 0 Å². The first-order chi connectivity index (χ1) is 9.86. The zero-order valence-electron chi connectivity index (χ0n) is 12.5. The summed E-state index contributed by atoms with van der Waals surface area (Å²) < 4.78 is 2.51. The molecular formula is C19H23N. The molecule has 0 radical (unpaired) electrons. The Morgan fingerprint density at radius 2 is 1.65 bits per heavy atom. The summed E-state index contributed by atoms with van der Waals surface area (Å²) in [6, 6.07) is 15.7. The standard InChI is InChI=1S/C19H23N/c1-3-5-14-20-17-12-7-6-11-16(17)19-15(9-4-2)10-8-13-18(19)20/h6-8,10-13H,3-5,9,14H2,1-2H3. The Morgan fingerprint density at radius 3 is 2.45 bits per heavy atom. The predicted molar refractivity (Wildman–Crippen MR) is 88.3 cm³/mol. The molecule has 0 fully saturated rings. The fourth-order valence-corrected chi connectivity index (χ4v) is 3.21. The molecule has 0 atom stereocenters. The number of fused-ring (bicyclic) bond motifs is 3. The molecule has 1 nitrogen and oxygen atoms in total. The second-order valence-corrected chi connectivity index (χ2v) is 5.58. The van der Waals surface area contributed by atoms with Gasteiger partial charge in [-0.1, -0.05) is 57.0 Å². The van der Waals surface area contributed by atoms with Gasteiger partial charge in [0.15, 0.2) is 0 Å². The van der Waals surface area contributed by atoms with E-state index in [0.717, 1.165) is 6.54 Å². The first kappa shape index (κ1) is 13.2. The highest BCUT2D eigenvalue weighted by Gasteiger charge is 2.12. The monoisotopic (exact) mass is 265 g/mol. The van der Waals surface area contributed by atoms with Crippen molar-refractivity contribution < 1.29 is 0 Å². The Bertz CT molecular complexity index is 721. The minimum Gasteiger partial charge on any atom is -0.340 e. The fraction of sp³-hybridized carbons (Fsp3) is 0.368. The van der Waals surface area contributed by atoms with E-state index in [1.807, 2.05) is 0 Å². The summed E-state index contributed by atoms with van der Waals surface area (Å²) in [5.74, 6) is 0. The lowest BCUT2D eigenvalue weighted by Crippen LogP contribution is -1.97. The molecule has 0 saturated heterocycles. The van der Waals surface area contributed by atoms with Crippen LogP contribution in [-0.4, -0.2) is 4.57 Å². The third-order valence-electron chi connectivity index (χ3n) is 4.14. The molecule has 0 aliphatic rings. The quantitative estimate of drug-likeness (QED) is 0.570. The number of para-hydroxylation sites is 1. The van der Waals surface area contributed by atoms with Crippen LogP contribution < -0.4 is 0 Å². The van der Waals surface area contributed by atoms with Crippen molar-refractivity contribution in [2.24, 2.45) is 0 Å². The van der Waals surface area contributed by atoms with Crippen molar-refractivity contribution in [2.75, 3.05) is 0 Å². The number of hydrogen-bond acceptors (Lipinski definition) is 0. The Hall–Kier alpha value is -1.76. The minimum atomic E-state index is 1.12. The van der Waals surface area contributed by atoms with Gasteiger partial charge in [-0.25, -0.2) is 0 Å². The first-order valence-corrected chi connectivity index (χ1v) is 7.85. The van der Waals surface area contributed by atoms with Crippen LogP contribution in [0.15, 0.2) is 42.5 Å². The zero-order valence-corrected chi connectivity index (χ0v) is 12.5. The molecule has 3 rings (SSSR count). The molecule has 0 aliphatic heterocycles. The van der Waals surface area contributed by atoms with E-state index in [9.17, 15) is 0 Å². The summed E-state index contributed by atoms with van der Waals surface area (Å²) in [4.78, 5) is 0. The topological polar surface area (TPSA) is 4.93 Å². The molecule has 1 heteroatoms. The SMILES string of the molecule is CCCCn1c2ccccc2c2c(CCC)cccc21. The number of aryl methyl sites for hydroxylation is 2. The van der Waals surface area contributed by atoms with Gasteiger partial charge < -0.3 is 4.57 Å². The maximum atomic E-state index is 2.51. The number of hydrogen-bond donors (Lipinski definition) is 0. The molecule has 0 saturated carbocycles. The minimum absolute atomic E-state index is 1.12. The van der Waals surface area contributed by atoms with Crippen LogP contribution in [0.4, 0.5) is 0 Å². The van der Waals surface area contributed by atoms with Crippen molar-refractivity contribution in [1.29, 1.82) is 0 Å². The Labute approximate surface area is 121 Å². The van der Waals surface area contributed by atoms with Crippen molar-refractivity contribution in [3.05, 3.63) is 48.0 Å². The maximum absolute atomic E-state index is 2.51. The first-order valence-electron chi connectivity index (χ1n) is 7.85. The van der Waals surface area contributed by atoms with Crippen LogP contribution in [0, 0.1) is 0 Å². The summed E-state index contributed by atoms with van der Waals surface area (Å²) in [5, 5.41) is 2.89. The normalized spacial score (nSPS) is 11.5. The van der Waals surface area contributed by atoms with Crippen LogP contribution in [0.2, 0.25) is 0 Å². The Kier molecular flexibility index (Phi) is 3.77. The fourth-order valence-electron chi connectivity index (χ4n) is 3.21. The molecule has 104 valence electrons. The summed E-state index contributed by atoms with van der Waals surface area (Å²) in [5.41, 5.74) is 4.29. The predicted octanol–water partition coefficient (Wildman–Crippen LogP) is 5.55. The van der Waals surface area contributed by atoms with Crippen molar-refractivity contribution in [2.45, 2.75) is 46.1 Å². The van der Waals surface area contributed by atoms with E-state index in [0.29, 0.717) is 0 Å². The average Bonchev–Trinajstić information content (AvgIpc) is 2.80. The summed E-state index contributed by atoms with van der Waals surface area (Å²) in [6.07, 6.45) is 4.85.